The number of esters is 2. The predicted octanol–water partition coefficient (Wildman–Crippen LogP) is 14.2. The van der Waals surface area contributed by atoms with Crippen molar-refractivity contribution in [1.29, 1.82) is 0 Å². The summed E-state index contributed by atoms with van der Waals surface area (Å²) in [4.78, 5) is 28.5. The van der Waals surface area contributed by atoms with Crippen LogP contribution in [-0.4, -0.2) is 60.9 Å². The Morgan fingerprint density at radius 3 is 1.53 bits per heavy atom. The number of hydrogen-bond donors (Lipinski definition) is 1. The van der Waals surface area contributed by atoms with Crippen LogP contribution in [0, 0.1) is 5.41 Å². The normalized spacial score (nSPS) is 14.2. The Bertz CT molecular complexity index is 827. The van der Waals surface area contributed by atoms with Crippen LogP contribution < -0.4 is 0 Å². The van der Waals surface area contributed by atoms with Crippen molar-refractivity contribution >= 4 is 11.9 Å². The molecule has 0 heterocycles. The van der Waals surface area contributed by atoms with E-state index < -0.39 is 0 Å². The molecule has 0 radical (unpaired) electrons. The standard InChI is InChI=1S/C49H95NO5/c1-4-7-10-13-16-24-34-45-54-47(52)37-28-20-17-22-32-41-50(43-44-51)42-33-23-21-29-38-49(39-30-25-31-40-49)48(53)55-46(35-26-18-14-11-8-5-2)36-27-19-15-12-9-6-3/h46,51H,4-45H2,1-3H3. The van der Waals surface area contributed by atoms with Crippen LogP contribution in [0.25, 0.3) is 0 Å². The second-order valence-electron chi connectivity index (χ2n) is 17.6. The van der Waals surface area contributed by atoms with Gasteiger partial charge in [-0.2, -0.15) is 0 Å². The number of nitrogens with zero attached hydrogens (tertiary/aromatic N) is 1. The minimum Gasteiger partial charge on any atom is -0.466 e. The topological polar surface area (TPSA) is 76.1 Å². The van der Waals surface area contributed by atoms with Crippen LogP contribution in [0.2, 0.25) is 0 Å². The van der Waals surface area contributed by atoms with Crippen LogP contribution in [0.4, 0.5) is 0 Å². The van der Waals surface area contributed by atoms with Crippen molar-refractivity contribution in [3.05, 3.63) is 0 Å². The monoisotopic (exact) mass is 778 g/mol. The third-order valence-corrected chi connectivity index (χ3v) is 12.4. The van der Waals surface area contributed by atoms with E-state index in [0.717, 1.165) is 110 Å². The number of ether oxygens (including phenoxy) is 2. The van der Waals surface area contributed by atoms with E-state index in [1.807, 2.05) is 0 Å². The Kier molecular flexibility index (Phi) is 36.2. The van der Waals surface area contributed by atoms with E-state index in [4.69, 9.17) is 9.47 Å². The fourth-order valence-electron chi connectivity index (χ4n) is 8.71. The van der Waals surface area contributed by atoms with Gasteiger partial charge in [0.05, 0.1) is 18.6 Å². The number of rotatable bonds is 41. The highest BCUT2D eigenvalue weighted by atomic mass is 16.5. The van der Waals surface area contributed by atoms with Gasteiger partial charge in [0, 0.05) is 13.0 Å². The van der Waals surface area contributed by atoms with E-state index in [0.29, 0.717) is 13.0 Å². The Hall–Kier alpha value is -1.14. The molecule has 0 aliphatic heterocycles. The molecule has 1 rings (SSSR count). The van der Waals surface area contributed by atoms with Crippen molar-refractivity contribution in [2.45, 2.75) is 264 Å². The summed E-state index contributed by atoms with van der Waals surface area (Å²) in [6.07, 6.45) is 43.6. The van der Waals surface area contributed by atoms with Gasteiger partial charge in [0.25, 0.3) is 0 Å². The van der Waals surface area contributed by atoms with Gasteiger partial charge in [-0.25, -0.2) is 0 Å². The lowest BCUT2D eigenvalue weighted by molar-refractivity contribution is -0.165. The molecule has 0 bridgehead atoms. The maximum Gasteiger partial charge on any atom is 0.312 e. The van der Waals surface area contributed by atoms with Gasteiger partial charge in [0.2, 0.25) is 0 Å². The summed E-state index contributed by atoms with van der Waals surface area (Å²) >= 11 is 0. The fourth-order valence-corrected chi connectivity index (χ4v) is 8.71. The zero-order valence-electron chi connectivity index (χ0n) is 37.3. The van der Waals surface area contributed by atoms with Gasteiger partial charge in [0.1, 0.15) is 6.10 Å². The average Bonchev–Trinajstić information content (AvgIpc) is 3.19. The molecule has 0 saturated heterocycles. The summed E-state index contributed by atoms with van der Waals surface area (Å²) in [5.41, 5.74) is -0.255. The average molecular weight is 778 g/mol. The molecule has 0 aromatic heterocycles. The molecular weight excluding hydrogens is 683 g/mol. The number of hydrogen-bond acceptors (Lipinski definition) is 6. The highest BCUT2D eigenvalue weighted by Gasteiger charge is 2.41. The first-order chi connectivity index (χ1) is 27.0. The molecular formula is C49H95NO5. The van der Waals surface area contributed by atoms with Crippen LogP contribution in [-0.2, 0) is 19.1 Å². The molecule has 0 aromatic carbocycles. The van der Waals surface area contributed by atoms with Crippen molar-refractivity contribution in [1.82, 2.24) is 4.90 Å². The van der Waals surface area contributed by atoms with Gasteiger partial charge in [0.15, 0.2) is 0 Å². The Morgan fingerprint density at radius 1 is 0.545 bits per heavy atom. The van der Waals surface area contributed by atoms with Crippen LogP contribution in [0.15, 0.2) is 0 Å². The maximum absolute atomic E-state index is 14.0. The smallest absolute Gasteiger partial charge is 0.312 e. The quantitative estimate of drug-likeness (QED) is 0.0492. The molecule has 0 spiro atoms. The van der Waals surface area contributed by atoms with Crippen molar-refractivity contribution < 1.29 is 24.2 Å². The lowest BCUT2D eigenvalue weighted by Crippen LogP contribution is -2.37. The molecule has 0 aromatic rings. The molecule has 1 fully saturated rings. The molecule has 1 aliphatic carbocycles. The maximum atomic E-state index is 14.0. The SMILES string of the molecule is CCCCCCCCCOC(=O)CCCCCCCN(CCO)CCCCCCC1(C(=O)OC(CCCCCCCC)CCCCCCCC)CCCCC1. The van der Waals surface area contributed by atoms with Crippen molar-refractivity contribution in [3.63, 3.8) is 0 Å². The molecule has 6 heteroatoms. The summed E-state index contributed by atoms with van der Waals surface area (Å²) < 4.78 is 11.9. The second kappa shape index (κ2) is 38.4. The molecule has 6 nitrogen and oxygen atoms in total. The first-order valence-corrected chi connectivity index (χ1v) is 24.7. The molecule has 0 amide bonds. The van der Waals surface area contributed by atoms with Crippen molar-refractivity contribution in [3.8, 4) is 0 Å². The summed E-state index contributed by atoms with van der Waals surface area (Å²) in [7, 11) is 0. The first-order valence-electron chi connectivity index (χ1n) is 24.7. The van der Waals surface area contributed by atoms with Gasteiger partial charge in [-0.1, -0.05) is 181 Å². The van der Waals surface area contributed by atoms with Crippen LogP contribution in [0.1, 0.15) is 258 Å². The van der Waals surface area contributed by atoms with Crippen LogP contribution in [0.5, 0.6) is 0 Å². The molecule has 55 heavy (non-hydrogen) atoms. The Labute approximate surface area is 342 Å². The highest BCUT2D eigenvalue weighted by molar-refractivity contribution is 5.77. The molecule has 0 atom stereocenters. The zero-order chi connectivity index (χ0) is 39.9. The fraction of sp³-hybridized carbons (Fsp3) is 0.959. The number of unbranched alkanes of at least 4 members (excludes halogenated alkanes) is 23. The minimum atomic E-state index is -0.255. The van der Waals surface area contributed by atoms with E-state index in [1.54, 1.807) is 0 Å². The Balaban J connectivity index is 2.33. The molecule has 0 unspecified atom stereocenters. The predicted molar refractivity (Wildman–Crippen MR) is 235 cm³/mol. The van der Waals surface area contributed by atoms with E-state index in [2.05, 4.69) is 25.7 Å². The molecule has 326 valence electrons. The number of aliphatic hydroxyl groups excluding tert-OH is 1. The zero-order valence-corrected chi connectivity index (χ0v) is 37.3. The summed E-state index contributed by atoms with van der Waals surface area (Å²) in [6.45, 7) is 10.4. The van der Waals surface area contributed by atoms with Crippen molar-refractivity contribution in [2.75, 3.05) is 32.8 Å². The van der Waals surface area contributed by atoms with Gasteiger partial charge in [-0.15, -0.1) is 0 Å². The second-order valence-corrected chi connectivity index (χ2v) is 17.6. The van der Waals surface area contributed by atoms with E-state index in [1.165, 1.54) is 141 Å². The molecule has 1 N–H and O–H groups in total. The number of aliphatic hydroxyl groups is 1. The van der Waals surface area contributed by atoms with Gasteiger partial charge < -0.3 is 19.5 Å². The summed E-state index contributed by atoms with van der Waals surface area (Å²) in [5, 5.41) is 9.68. The third-order valence-electron chi connectivity index (χ3n) is 12.4. The molecule has 1 saturated carbocycles. The first kappa shape index (κ1) is 51.9. The summed E-state index contributed by atoms with van der Waals surface area (Å²) in [6, 6.07) is 0. The third kappa shape index (κ3) is 29.7. The van der Waals surface area contributed by atoms with E-state index >= 15 is 0 Å². The van der Waals surface area contributed by atoms with E-state index in [9.17, 15) is 14.7 Å². The Morgan fingerprint density at radius 2 is 1.00 bits per heavy atom. The van der Waals surface area contributed by atoms with Gasteiger partial charge >= 0.3 is 11.9 Å². The highest BCUT2D eigenvalue weighted by Crippen LogP contribution is 2.42. The van der Waals surface area contributed by atoms with Crippen LogP contribution in [0.3, 0.4) is 0 Å². The van der Waals surface area contributed by atoms with Crippen molar-refractivity contribution in [2.24, 2.45) is 5.41 Å². The van der Waals surface area contributed by atoms with Gasteiger partial charge in [-0.3, -0.25) is 9.59 Å². The lowest BCUT2D eigenvalue weighted by Gasteiger charge is -2.36. The van der Waals surface area contributed by atoms with E-state index in [-0.39, 0.29) is 30.1 Å². The van der Waals surface area contributed by atoms with Crippen LogP contribution >= 0.6 is 0 Å². The largest absolute Gasteiger partial charge is 0.466 e. The lowest BCUT2D eigenvalue weighted by atomic mass is 9.71. The molecule has 1 aliphatic rings. The summed E-state index contributed by atoms with van der Waals surface area (Å²) in [5.74, 6) is 0.113. The minimum absolute atomic E-state index is 0.0276. The van der Waals surface area contributed by atoms with Gasteiger partial charge in [-0.05, 0) is 83.7 Å². The number of carbonyl (C=O) groups excluding carboxylic acids is 2. The number of carbonyl (C=O) groups is 2.